The highest BCUT2D eigenvalue weighted by Crippen LogP contribution is 2.13. The number of nitrogens with zero attached hydrogens (tertiary/aromatic N) is 1. The summed E-state index contributed by atoms with van der Waals surface area (Å²) in [6.45, 7) is 1.76. The first kappa shape index (κ1) is 14.8. The third-order valence-electron chi connectivity index (χ3n) is 3.36. The standard InChI is InChI=1S/C14H17F3N2O/c15-11-6-10(7-12(16)14(11)17)8-18-9-13(20)19-4-2-1-3-5-19/h6-7,18H,1-5,8-9H2. The van der Waals surface area contributed by atoms with Gasteiger partial charge in [0.2, 0.25) is 5.91 Å². The first-order valence-electron chi connectivity index (χ1n) is 6.70. The molecule has 1 amide bonds. The number of benzene rings is 1. The minimum absolute atomic E-state index is 0.0206. The van der Waals surface area contributed by atoms with Crippen LogP contribution in [0.3, 0.4) is 0 Å². The van der Waals surface area contributed by atoms with Gasteiger partial charge in [0.15, 0.2) is 17.5 Å². The van der Waals surface area contributed by atoms with Crippen molar-refractivity contribution in [3.05, 3.63) is 35.1 Å². The van der Waals surface area contributed by atoms with E-state index in [9.17, 15) is 18.0 Å². The lowest BCUT2D eigenvalue weighted by molar-refractivity contribution is -0.131. The molecule has 20 heavy (non-hydrogen) atoms. The number of carbonyl (C=O) groups excluding carboxylic acids is 1. The van der Waals surface area contributed by atoms with Crippen molar-refractivity contribution in [3.63, 3.8) is 0 Å². The SMILES string of the molecule is O=C(CNCc1cc(F)c(F)c(F)c1)N1CCCCC1. The fourth-order valence-electron chi connectivity index (χ4n) is 2.28. The van der Waals surface area contributed by atoms with E-state index in [1.54, 1.807) is 4.90 Å². The molecule has 1 aliphatic rings. The minimum Gasteiger partial charge on any atom is -0.342 e. The first-order chi connectivity index (χ1) is 9.58. The summed E-state index contributed by atoms with van der Waals surface area (Å²) in [6, 6.07) is 1.85. The van der Waals surface area contributed by atoms with Crippen LogP contribution in [0.5, 0.6) is 0 Å². The third-order valence-corrected chi connectivity index (χ3v) is 3.36. The van der Waals surface area contributed by atoms with Gasteiger partial charge in [-0.05, 0) is 37.0 Å². The number of hydrogen-bond donors (Lipinski definition) is 1. The van der Waals surface area contributed by atoms with Gasteiger partial charge in [-0.2, -0.15) is 0 Å². The largest absolute Gasteiger partial charge is 0.342 e. The maximum Gasteiger partial charge on any atom is 0.236 e. The Morgan fingerprint density at radius 3 is 2.30 bits per heavy atom. The van der Waals surface area contributed by atoms with Gasteiger partial charge in [0.05, 0.1) is 6.54 Å². The quantitative estimate of drug-likeness (QED) is 0.861. The van der Waals surface area contributed by atoms with E-state index in [1.807, 2.05) is 0 Å². The molecule has 6 heteroatoms. The zero-order valence-corrected chi connectivity index (χ0v) is 11.1. The summed E-state index contributed by atoms with van der Waals surface area (Å²) in [6.07, 6.45) is 3.17. The van der Waals surface area contributed by atoms with Crippen molar-refractivity contribution in [2.45, 2.75) is 25.8 Å². The topological polar surface area (TPSA) is 32.3 Å². The van der Waals surface area contributed by atoms with E-state index >= 15 is 0 Å². The molecule has 2 rings (SSSR count). The van der Waals surface area contributed by atoms with Crippen molar-refractivity contribution in [3.8, 4) is 0 Å². The molecule has 0 unspecified atom stereocenters. The summed E-state index contributed by atoms with van der Waals surface area (Å²) in [4.78, 5) is 13.6. The number of nitrogens with one attached hydrogen (secondary N) is 1. The van der Waals surface area contributed by atoms with Gasteiger partial charge in [-0.1, -0.05) is 0 Å². The molecule has 1 aromatic rings. The molecule has 1 saturated heterocycles. The van der Waals surface area contributed by atoms with Gasteiger partial charge in [-0.3, -0.25) is 4.79 Å². The van der Waals surface area contributed by atoms with Crippen LogP contribution in [0, 0.1) is 17.5 Å². The molecular formula is C14H17F3N2O. The van der Waals surface area contributed by atoms with Crippen LogP contribution in [0.4, 0.5) is 13.2 Å². The summed E-state index contributed by atoms with van der Waals surface area (Å²) in [5, 5.41) is 2.83. The Balaban J connectivity index is 1.82. The lowest BCUT2D eigenvalue weighted by Crippen LogP contribution is -2.40. The Morgan fingerprint density at radius 1 is 1.10 bits per heavy atom. The summed E-state index contributed by atoms with van der Waals surface area (Å²) in [7, 11) is 0. The molecule has 0 atom stereocenters. The molecule has 1 aliphatic heterocycles. The summed E-state index contributed by atoms with van der Waals surface area (Å²) in [5.74, 6) is -3.93. The second-order valence-electron chi connectivity index (χ2n) is 4.92. The maximum absolute atomic E-state index is 13.0. The summed E-state index contributed by atoms with van der Waals surface area (Å²) in [5.41, 5.74) is 0.271. The van der Waals surface area contributed by atoms with Crippen molar-refractivity contribution in [2.24, 2.45) is 0 Å². The smallest absolute Gasteiger partial charge is 0.236 e. The Bertz CT molecular complexity index is 464. The normalized spacial score (nSPS) is 15.4. The van der Waals surface area contributed by atoms with E-state index in [1.165, 1.54) is 0 Å². The number of halogens is 3. The van der Waals surface area contributed by atoms with Gasteiger partial charge in [0.25, 0.3) is 0 Å². The van der Waals surface area contributed by atoms with Crippen molar-refractivity contribution in [1.29, 1.82) is 0 Å². The van der Waals surface area contributed by atoms with E-state index < -0.39 is 17.5 Å². The molecule has 0 radical (unpaired) electrons. The highest BCUT2D eigenvalue weighted by atomic mass is 19.2. The molecule has 3 nitrogen and oxygen atoms in total. The maximum atomic E-state index is 13.0. The van der Waals surface area contributed by atoms with E-state index in [4.69, 9.17) is 0 Å². The highest BCUT2D eigenvalue weighted by Gasteiger charge is 2.16. The van der Waals surface area contributed by atoms with Crippen LogP contribution < -0.4 is 5.32 Å². The Labute approximate surface area is 115 Å². The summed E-state index contributed by atoms with van der Waals surface area (Å²) < 4.78 is 38.8. The van der Waals surface area contributed by atoms with Crippen molar-refractivity contribution in [2.75, 3.05) is 19.6 Å². The fraction of sp³-hybridized carbons (Fsp3) is 0.500. The van der Waals surface area contributed by atoms with E-state index in [0.29, 0.717) is 0 Å². The molecular weight excluding hydrogens is 269 g/mol. The van der Waals surface area contributed by atoms with Crippen LogP contribution in [-0.4, -0.2) is 30.4 Å². The number of carbonyl (C=O) groups is 1. The van der Waals surface area contributed by atoms with Crippen LogP contribution >= 0.6 is 0 Å². The molecule has 0 bridgehead atoms. The second-order valence-corrected chi connectivity index (χ2v) is 4.92. The first-order valence-corrected chi connectivity index (χ1v) is 6.70. The molecule has 0 spiro atoms. The zero-order valence-electron chi connectivity index (χ0n) is 11.1. The van der Waals surface area contributed by atoms with Gasteiger partial charge >= 0.3 is 0 Å². The van der Waals surface area contributed by atoms with Crippen LogP contribution in [0.15, 0.2) is 12.1 Å². The van der Waals surface area contributed by atoms with Gasteiger partial charge in [0, 0.05) is 19.6 Å². The molecule has 0 saturated carbocycles. The van der Waals surface area contributed by atoms with Crippen LogP contribution in [0.2, 0.25) is 0 Å². The number of hydrogen-bond acceptors (Lipinski definition) is 2. The Hall–Kier alpha value is -1.56. The Kier molecular flexibility index (Phi) is 5.00. The predicted octanol–water partition coefficient (Wildman–Crippen LogP) is 2.21. The van der Waals surface area contributed by atoms with Gasteiger partial charge in [-0.15, -0.1) is 0 Å². The highest BCUT2D eigenvalue weighted by molar-refractivity contribution is 5.78. The van der Waals surface area contributed by atoms with Gasteiger partial charge < -0.3 is 10.2 Å². The predicted molar refractivity (Wildman–Crippen MR) is 68.5 cm³/mol. The van der Waals surface area contributed by atoms with Gasteiger partial charge in [-0.25, -0.2) is 13.2 Å². The fourth-order valence-corrected chi connectivity index (χ4v) is 2.28. The Morgan fingerprint density at radius 2 is 1.70 bits per heavy atom. The molecule has 110 valence electrons. The van der Waals surface area contributed by atoms with E-state index in [2.05, 4.69) is 5.32 Å². The lowest BCUT2D eigenvalue weighted by Gasteiger charge is -2.26. The number of piperidine rings is 1. The summed E-state index contributed by atoms with van der Waals surface area (Å²) >= 11 is 0. The van der Waals surface area contributed by atoms with Crippen molar-refractivity contribution in [1.82, 2.24) is 10.2 Å². The van der Waals surface area contributed by atoms with Crippen LogP contribution in [0.1, 0.15) is 24.8 Å². The third kappa shape index (κ3) is 3.72. The molecule has 1 aromatic carbocycles. The molecule has 1 fully saturated rings. The average Bonchev–Trinajstić information content (AvgIpc) is 2.45. The average molecular weight is 286 g/mol. The molecule has 1 heterocycles. The van der Waals surface area contributed by atoms with Crippen LogP contribution in [-0.2, 0) is 11.3 Å². The number of likely N-dealkylation sites (tertiary alicyclic amines) is 1. The molecule has 1 N–H and O–H groups in total. The van der Waals surface area contributed by atoms with E-state index in [-0.39, 0.29) is 24.6 Å². The number of amides is 1. The van der Waals surface area contributed by atoms with Crippen molar-refractivity contribution >= 4 is 5.91 Å². The van der Waals surface area contributed by atoms with Gasteiger partial charge in [0.1, 0.15) is 0 Å². The number of rotatable bonds is 4. The monoisotopic (exact) mass is 286 g/mol. The van der Waals surface area contributed by atoms with Crippen molar-refractivity contribution < 1.29 is 18.0 Å². The lowest BCUT2D eigenvalue weighted by atomic mass is 10.1. The molecule has 0 aromatic heterocycles. The van der Waals surface area contributed by atoms with E-state index in [0.717, 1.165) is 44.5 Å². The second kappa shape index (κ2) is 6.74. The van der Waals surface area contributed by atoms with Crippen LogP contribution in [0.25, 0.3) is 0 Å². The minimum atomic E-state index is -1.47. The molecule has 0 aliphatic carbocycles. The zero-order chi connectivity index (χ0) is 14.5.